The molecular formula is C21H26N4O. The minimum atomic E-state index is 0.179. The van der Waals surface area contributed by atoms with Crippen LogP contribution in [-0.2, 0) is 17.6 Å². The van der Waals surface area contributed by atoms with E-state index in [0.717, 1.165) is 55.3 Å². The van der Waals surface area contributed by atoms with Gasteiger partial charge in [0.1, 0.15) is 11.6 Å². The average molecular weight is 350 g/mol. The number of carbonyl (C=O) groups is 1. The van der Waals surface area contributed by atoms with Crippen molar-refractivity contribution in [3.8, 4) is 0 Å². The van der Waals surface area contributed by atoms with Crippen molar-refractivity contribution >= 4 is 11.7 Å². The summed E-state index contributed by atoms with van der Waals surface area (Å²) < 4.78 is 0. The SMILES string of the molecule is Cc1cccc(CCN2C(=O)CCc3c(C)nc([C@H]4CCNC4)nc32)c1. The molecule has 1 N–H and O–H groups in total. The second-order valence-corrected chi connectivity index (χ2v) is 7.44. The van der Waals surface area contributed by atoms with E-state index in [2.05, 4.69) is 43.4 Å². The summed E-state index contributed by atoms with van der Waals surface area (Å²) in [4.78, 5) is 24.2. The second-order valence-electron chi connectivity index (χ2n) is 7.44. The van der Waals surface area contributed by atoms with E-state index >= 15 is 0 Å². The highest BCUT2D eigenvalue weighted by Gasteiger charge is 2.29. The van der Waals surface area contributed by atoms with E-state index in [1.807, 2.05) is 4.90 Å². The number of rotatable bonds is 4. The maximum absolute atomic E-state index is 12.6. The molecule has 26 heavy (non-hydrogen) atoms. The summed E-state index contributed by atoms with van der Waals surface area (Å²) in [6.07, 6.45) is 3.21. The van der Waals surface area contributed by atoms with Gasteiger partial charge in [0.2, 0.25) is 5.91 Å². The Morgan fingerprint density at radius 2 is 2.12 bits per heavy atom. The molecule has 1 fully saturated rings. The first-order valence-electron chi connectivity index (χ1n) is 9.56. The summed E-state index contributed by atoms with van der Waals surface area (Å²) in [7, 11) is 0. The van der Waals surface area contributed by atoms with E-state index in [1.165, 1.54) is 11.1 Å². The number of aryl methyl sites for hydroxylation is 2. The van der Waals surface area contributed by atoms with Gasteiger partial charge in [0.25, 0.3) is 0 Å². The van der Waals surface area contributed by atoms with Gasteiger partial charge in [-0.3, -0.25) is 9.69 Å². The van der Waals surface area contributed by atoms with Gasteiger partial charge in [0.05, 0.1) is 0 Å². The Kier molecular flexibility index (Phi) is 4.72. The normalized spacial score (nSPS) is 19.7. The molecule has 1 atom stereocenters. The molecule has 2 aliphatic rings. The van der Waals surface area contributed by atoms with E-state index in [0.29, 0.717) is 18.9 Å². The molecule has 5 nitrogen and oxygen atoms in total. The third kappa shape index (κ3) is 3.36. The molecule has 136 valence electrons. The van der Waals surface area contributed by atoms with Gasteiger partial charge in [-0.15, -0.1) is 0 Å². The zero-order chi connectivity index (χ0) is 18.1. The monoisotopic (exact) mass is 350 g/mol. The van der Waals surface area contributed by atoms with E-state index in [-0.39, 0.29) is 5.91 Å². The van der Waals surface area contributed by atoms with Crippen molar-refractivity contribution in [2.24, 2.45) is 0 Å². The van der Waals surface area contributed by atoms with Crippen LogP contribution in [0.2, 0.25) is 0 Å². The quantitative estimate of drug-likeness (QED) is 0.921. The summed E-state index contributed by atoms with van der Waals surface area (Å²) in [5, 5.41) is 3.38. The molecule has 2 aromatic rings. The molecule has 0 radical (unpaired) electrons. The van der Waals surface area contributed by atoms with Crippen LogP contribution in [0.15, 0.2) is 24.3 Å². The van der Waals surface area contributed by atoms with Crippen LogP contribution in [0.3, 0.4) is 0 Å². The summed E-state index contributed by atoms with van der Waals surface area (Å²) in [5.74, 6) is 2.28. The molecule has 0 bridgehead atoms. The average Bonchev–Trinajstić information content (AvgIpc) is 3.15. The van der Waals surface area contributed by atoms with E-state index in [1.54, 1.807) is 0 Å². The molecule has 1 aromatic heterocycles. The highest BCUT2D eigenvalue weighted by Crippen LogP contribution is 2.30. The van der Waals surface area contributed by atoms with Crippen LogP contribution in [-0.4, -0.2) is 35.5 Å². The zero-order valence-electron chi connectivity index (χ0n) is 15.6. The molecule has 2 aliphatic heterocycles. The number of fused-ring (bicyclic) bond motifs is 1. The second kappa shape index (κ2) is 7.16. The molecule has 1 amide bonds. The predicted molar refractivity (Wildman–Crippen MR) is 103 cm³/mol. The third-order valence-electron chi connectivity index (χ3n) is 5.49. The molecule has 1 saturated heterocycles. The number of nitrogens with one attached hydrogen (secondary N) is 1. The molecule has 5 heteroatoms. The minimum absolute atomic E-state index is 0.179. The van der Waals surface area contributed by atoms with Gasteiger partial charge in [-0.1, -0.05) is 29.8 Å². The van der Waals surface area contributed by atoms with Crippen LogP contribution in [0.4, 0.5) is 5.82 Å². The smallest absolute Gasteiger partial charge is 0.228 e. The van der Waals surface area contributed by atoms with Gasteiger partial charge < -0.3 is 5.32 Å². The number of nitrogens with zero attached hydrogens (tertiary/aromatic N) is 3. The Bertz CT molecular complexity index is 827. The van der Waals surface area contributed by atoms with Crippen molar-refractivity contribution in [1.82, 2.24) is 15.3 Å². The predicted octanol–water partition coefficient (Wildman–Crippen LogP) is 2.69. The Labute approximate surface area is 154 Å². The fourth-order valence-electron chi connectivity index (χ4n) is 4.00. The van der Waals surface area contributed by atoms with Crippen LogP contribution < -0.4 is 10.2 Å². The number of hydrogen-bond acceptors (Lipinski definition) is 4. The van der Waals surface area contributed by atoms with Crippen LogP contribution in [0, 0.1) is 13.8 Å². The number of anilines is 1. The maximum atomic E-state index is 12.6. The number of hydrogen-bond donors (Lipinski definition) is 1. The van der Waals surface area contributed by atoms with Crippen molar-refractivity contribution < 1.29 is 4.79 Å². The summed E-state index contributed by atoms with van der Waals surface area (Å²) in [6, 6.07) is 8.50. The first-order valence-corrected chi connectivity index (χ1v) is 9.56. The summed E-state index contributed by atoms with van der Waals surface area (Å²) >= 11 is 0. The highest BCUT2D eigenvalue weighted by atomic mass is 16.2. The molecule has 0 unspecified atom stereocenters. The van der Waals surface area contributed by atoms with Gasteiger partial charge in [0.15, 0.2) is 0 Å². The Hall–Kier alpha value is -2.27. The van der Waals surface area contributed by atoms with Gasteiger partial charge >= 0.3 is 0 Å². The van der Waals surface area contributed by atoms with Crippen molar-refractivity contribution in [2.75, 3.05) is 24.5 Å². The number of benzene rings is 1. The number of amides is 1. The van der Waals surface area contributed by atoms with Crippen molar-refractivity contribution in [1.29, 1.82) is 0 Å². The third-order valence-corrected chi connectivity index (χ3v) is 5.49. The zero-order valence-corrected chi connectivity index (χ0v) is 15.6. The molecule has 0 aliphatic carbocycles. The highest BCUT2D eigenvalue weighted by molar-refractivity contribution is 5.95. The van der Waals surface area contributed by atoms with Crippen LogP contribution in [0.25, 0.3) is 0 Å². The summed E-state index contributed by atoms with van der Waals surface area (Å²) in [5.41, 5.74) is 4.69. The molecular weight excluding hydrogens is 324 g/mol. The van der Waals surface area contributed by atoms with Crippen LogP contribution in [0.1, 0.15) is 47.0 Å². The summed E-state index contributed by atoms with van der Waals surface area (Å²) in [6.45, 7) is 6.77. The Morgan fingerprint density at radius 1 is 1.23 bits per heavy atom. The first-order chi connectivity index (χ1) is 12.6. The molecule has 0 saturated carbocycles. The van der Waals surface area contributed by atoms with E-state index in [4.69, 9.17) is 9.97 Å². The first kappa shape index (κ1) is 17.2. The van der Waals surface area contributed by atoms with Crippen molar-refractivity contribution in [3.63, 3.8) is 0 Å². The van der Waals surface area contributed by atoms with Gasteiger partial charge in [-0.2, -0.15) is 0 Å². The molecule has 3 heterocycles. The van der Waals surface area contributed by atoms with Gasteiger partial charge in [0, 0.05) is 36.7 Å². The Balaban J connectivity index is 1.62. The lowest BCUT2D eigenvalue weighted by Crippen LogP contribution is -2.38. The largest absolute Gasteiger partial charge is 0.316 e. The standard InChI is InChI=1S/C21H26N4O/c1-14-4-3-5-16(12-14)9-11-25-19(26)7-6-18-15(2)23-20(24-21(18)25)17-8-10-22-13-17/h3-5,12,17,22H,6-11,13H2,1-2H3/t17-/m0/s1. The van der Waals surface area contributed by atoms with Crippen molar-refractivity contribution in [2.45, 2.75) is 45.4 Å². The Morgan fingerprint density at radius 3 is 2.88 bits per heavy atom. The lowest BCUT2D eigenvalue weighted by atomic mass is 10.0. The molecule has 1 aromatic carbocycles. The van der Waals surface area contributed by atoms with E-state index < -0.39 is 0 Å². The lowest BCUT2D eigenvalue weighted by molar-refractivity contribution is -0.118. The van der Waals surface area contributed by atoms with E-state index in [9.17, 15) is 4.79 Å². The maximum Gasteiger partial charge on any atom is 0.228 e. The minimum Gasteiger partial charge on any atom is -0.316 e. The fraction of sp³-hybridized carbons (Fsp3) is 0.476. The van der Waals surface area contributed by atoms with Crippen LogP contribution >= 0.6 is 0 Å². The molecule has 4 rings (SSSR count). The van der Waals surface area contributed by atoms with Crippen LogP contribution in [0.5, 0.6) is 0 Å². The fourth-order valence-corrected chi connectivity index (χ4v) is 4.00. The number of carbonyl (C=O) groups excluding carboxylic acids is 1. The van der Waals surface area contributed by atoms with Crippen molar-refractivity contribution in [3.05, 3.63) is 52.5 Å². The van der Waals surface area contributed by atoms with Gasteiger partial charge in [-0.25, -0.2) is 9.97 Å². The van der Waals surface area contributed by atoms with Gasteiger partial charge in [-0.05, 0) is 45.2 Å². The topological polar surface area (TPSA) is 58.1 Å². The lowest BCUT2D eigenvalue weighted by Gasteiger charge is -2.30. The molecule has 0 spiro atoms. The number of aromatic nitrogens is 2.